The third-order valence-electron chi connectivity index (χ3n) is 4.30. The SMILES string of the molecule is CCNC(CCN1CCCC(CO)C1)c1cccc(F)c1. The monoisotopic (exact) mass is 294 g/mol. The van der Waals surface area contributed by atoms with Crippen molar-refractivity contribution in [2.75, 3.05) is 32.8 Å². The number of likely N-dealkylation sites (tertiary alicyclic amines) is 1. The van der Waals surface area contributed by atoms with Crippen LogP contribution in [-0.4, -0.2) is 42.8 Å². The predicted octanol–water partition coefficient (Wildman–Crippen LogP) is 2.57. The van der Waals surface area contributed by atoms with Crippen molar-refractivity contribution in [1.82, 2.24) is 10.2 Å². The zero-order valence-corrected chi connectivity index (χ0v) is 12.9. The molecular formula is C17H27FN2O. The number of aliphatic hydroxyl groups is 1. The van der Waals surface area contributed by atoms with Gasteiger partial charge in [-0.05, 0) is 62.5 Å². The molecule has 1 aliphatic rings. The van der Waals surface area contributed by atoms with Crippen molar-refractivity contribution in [3.63, 3.8) is 0 Å². The summed E-state index contributed by atoms with van der Waals surface area (Å²) in [5.41, 5.74) is 1.02. The molecule has 0 radical (unpaired) electrons. The van der Waals surface area contributed by atoms with Crippen LogP contribution in [0.3, 0.4) is 0 Å². The number of nitrogens with one attached hydrogen (secondary N) is 1. The molecule has 0 saturated carbocycles. The van der Waals surface area contributed by atoms with Crippen LogP contribution in [0.4, 0.5) is 4.39 Å². The molecule has 0 amide bonds. The number of halogens is 1. The second-order valence-corrected chi connectivity index (χ2v) is 5.95. The highest BCUT2D eigenvalue weighted by Crippen LogP contribution is 2.21. The van der Waals surface area contributed by atoms with Gasteiger partial charge in [0.05, 0.1) is 0 Å². The molecule has 4 heteroatoms. The summed E-state index contributed by atoms with van der Waals surface area (Å²) in [4.78, 5) is 2.42. The van der Waals surface area contributed by atoms with Crippen molar-refractivity contribution >= 4 is 0 Å². The van der Waals surface area contributed by atoms with E-state index in [0.29, 0.717) is 5.92 Å². The minimum Gasteiger partial charge on any atom is -0.396 e. The van der Waals surface area contributed by atoms with Gasteiger partial charge < -0.3 is 15.3 Å². The number of aliphatic hydroxyl groups excluding tert-OH is 1. The number of hydrogen-bond donors (Lipinski definition) is 2. The molecule has 1 saturated heterocycles. The number of nitrogens with zero attached hydrogens (tertiary/aromatic N) is 1. The van der Waals surface area contributed by atoms with E-state index in [9.17, 15) is 9.50 Å². The zero-order chi connectivity index (χ0) is 15.1. The van der Waals surface area contributed by atoms with Crippen molar-refractivity contribution in [2.45, 2.75) is 32.2 Å². The second kappa shape index (κ2) is 8.47. The van der Waals surface area contributed by atoms with E-state index in [-0.39, 0.29) is 18.5 Å². The smallest absolute Gasteiger partial charge is 0.123 e. The largest absolute Gasteiger partial charge is 0.396 e. The van der Waals surface area contributed by atoms with Crippen LogP contribution in [0.2, 0.25) is 0 Å². The first kappa shape index (κ1) is 16.4. The minimum atomic E-state index is -0.172. The summed E-state index contributed by atoms with van der Waals surface area (Å²) < 4.78 is 13.4. The fourth-order valence-electron chi connectivity index (χ4n) is 3.17. The Balaban J connectivity index is 1.91. The van der Waals surface area contributed by atoms with Gasteiger partial charge in [0.15, 0.2) is 0 Å². The molecule has 2 N–H and O–H groups in total. The van der Waals surface area contributed by atoms with Gasteiger partial charge in [0.2, 0.25) is 0 Å². The maximum atomic E-state index is 13.4. The van der Waals surface area contributed by atoms with Crippen LogP contribution in [0.15, 0.2) is 24.3 Å². The third kappa shape index (κ3) is 5.06. The average Bonchev–Trinajstić information content (AvgIpc) is 2.51. The Bertz CT molecular complexity index is 427. The maximum absolute atomic E-state index is 13.4. The highest BCUT2D eigenvalue weighted by atomic mass is 19.1. The summed E-state index contributed by atoms with van der Waals surface area (Å²) in [6.45, 7) is 6.33. The molecule has 21 heavy (non-hydrogen) atoms. The van der Waals surface area contributed by atoms with Gasteiger partial charge in [0, 0.05) is 19.2 Å². The van der Waals surface area contributed by atoms with Gasteiger partial charge in [-0.3, -0.25) is 0 Å². The van der Waals surface area contributed by atoms with Gasteiger partial charge in [0.1, 0.15) is 5.82 Å². The van der Waals surface area contributed by atoms with E-state index in [0.717, 1.165) is 51.0 Å². The van der Waals surface area contributed by atoms with Gasteiger partial charge in [-0.1, -0.05) is 19.1 Å². The Morgan fingerprint density at radius 1 is 1.48 bits per heavy atom. The molecule has 1 aromatic rings. The minimum absolute atomic E-state index is 0.172. The van der Waals surface area contributed by atoms with Gasteiger partial charge >= 0.3 is 0 Å². The Morgan fingerprint density at radius 2 is 2.33 bits per heavy atom. The van der Waals surface area contributed by atoms with Gasteiger partial charge in [-0.15, -0.1) is 0 Å². The molecule has 0 bridgehead atoms. The van der Waals surface area contributed by atoms with E-state index < -0.39 is 0 Å². The quantitative estimate of drug-likeness (QED) is 0.811. The van der Waals surface area contributed by atoms with E-state index in [2.05, 4.69) is 17.1 Å². The first-order valence-electron chi connectivity index (χ1n) is 8.05. The summed E-state index contributed by atoms with van der Waals surface area (Å²) in [7, 11) is 0. The van der Waals surface area contributed by atoms with Crippen LogP contribution in [0.1, 0.15) is 37.8 Å². The lowest BCUT2D eigenvalue weighted by molar-refractivity contribution is 0.117. The summed E-state index contributed by atoms with van der Waals surface area (Å²) in [6.07, 6.45) is 3.26. The predicted molar refractivity (Wildman–Crippen MR) is 83.7 cm³/mol. The molecule has 1 heterocycles. The Hall–Kier alpha value is -0.970. The molecule has 0 spiro atoms. The number of hydrogen-bond acceptors (Lipinski definition) is 3. The molecular weight excluding hydrogens is 267 g/mol. The summed E-state index contributed by atoms with van der Waals surface area (Å²) in [6, 6.07) is 7.07. The van der Waals surface area contributed by atoms with Gasteiger partial charge in [-0.2, -0.15) is 0 Å². The maximum Gasteiger partial charge on any atom is 0.123 e. The first-order chi connectivity index (χ1) is 10.2. The Kier molecular flexibility index (Phi) is 6.61. The number of benzene rings is 1. The topological polar surface area (TPSA) is 35.5 Å². The number of piperidine rings is 1. The van der Waals surface area contributed by atoms with Crippen LogP contribution in [0.5, 0.6) is 0 Å². The standard InChI is InChI=1S/C17H27FN2O/c1-2-19-17(15-6-3-7-16(18)11-15)8-10-20-9-4-5-14(12-20)13-21/h3,6-7,11,14,17,19,21H,2,4-5,8-10,12-13H2,1H3. The van der Waals surface area contributed by atoms with E-state index in [1.165, 1.54) is 6.07 Å². The molecule has 2 atom stereocenters. The third-order valence-corrected chi connectivity index (χ3v) is 4.30. The van der Waals surface area contributed by atoms with Crippen LogP contribution in [0.25, 0.3) is 0 Å². The molecule has 2 rings (SSSR count). The lowest BCUT2D eigenvalue weighted by Gasteiger charge is -2.33. The number of rotatable bonds is 7. The molecule has 1 aromatic carbocycles. The second-order valence-electron chi connectivity index (χ2n) is 5.95. The lowest BCUT2D eigenvalue weighted by Crippen LogP contribution is -2.38. The molecule has 2 unspecified atom stereocenters. The van der Waals surface area contributed by atoms with Crippen molar-refractivity contribution < 1.29 is 9.50 Å². The fourth-order valence-corrected chi connectivity index (χ4v) is 3.17. The Labute approximate surface area is 127 Å². The molecule has 3 nitrogen and oxygen atoms in total. The average molecular weight is 294 g/mol. The van der Waals surface area contributed by atoms with Gasteiger partial charge in [0.25, 0.3) is 0 Å². The van der Waals surface area contributed by atoms with E-state index >= 15 is 0 Å². The first-order valence-corrected chi connectivity index (χ1v) is 8.05. The normalized spacial score (nSPS) is 21.4. The summed E-state index contributed by atoms with van der Waals surface area (Å²) in [5.74, 6) is 0.249. The highest BCUT2D eigenvalue weighted by Gasteiger charge is 2.20. The van der Waals surface area contributed by atoms with E-state index in [1.807, 2.05) is 6.07 Å². The molecule has 1 aliphatic heterocycles. The molecule has 0 aliphatic carbocycles. The van der Waals surface area contributed by atoms with Gasteiger partial charge in [-0.25, -0.2) is 4.39 Å². The van der Waals surface area contributed by atoms with E-state index in [1.54, 1.807) is 12.1 Å². The van der Waals surface area contributed by atoms with Crippen molar-refractivity contribution in [3.05, 3.63) is 35.6 Å². The van der Waals surface area contributed by atoms with E-state index in [4.69, 9.17) is 0 Å². The van der Waals surface area contributed by atoms with Crippen molar-refractivity contribution in [1.29, 1.82) is 0 Å². The zero-order valence-electron chi connectivity index (χ0n) is 12.9. The van der Waals surface area contributed by atoms with Crippen LogP contribution in [-0.2, 0) is 0 Å². The molecule has 0 aromatic heterocycles. The summed E-state index contributed by atoms with van der Waals surface area (Å²) in [5, 5.41) is 12.7. The van der Waals surface area contributed by atoms with Crippen molar-refractivity contribution in [2.24, 2.45) is 5.92 Å². The molecule has 1 fully saturated rings. The summed E-state index contributed by atoms with van der Waals surface area (Å²) >= 11 is 0. The van der Waals surface area contributed by atoms with Crippen LogP contribution in [0, 0.1) is 11.7 Å². The highest BCUT2D eigenvalue weighted by molar-refractivity contribution is 5.20. The van der Waals surface area contributed by atoms with Crippen LogP contribution >= 0.6 is 0 Å². The molecule has 118 valence electrons. The van der Waals surface area contributed by atoms with Crippen LogP contribution < -0.4 is 5.32 Å². The Morgan fingerprint density at radius 3 is 3.05 bits per heavy atom. The lowest BCUT2D eigenvalue weighted by atomic mass is 9.97. The fraction of sp³-hybridized carbons (Fsp3) is 0.647. The van der Waals surface area contributed by atoms with Crippen molar-refractivity contribution in [3.8, 4) is 0 Å².